The highest BCUT2D eigenvalue weighted by Gasteiger charge is 2.13. The lowest BCUT2D eigenvalue weighted by Crippen LogP contribution is -2.09. The first kappa shape index (κ1) is 14.8. The maximum absolute atomic E-state index is 12.0. The van der Waals surface area contributed by atoms with Gasteiger partial charge in [0, 0.05) is 6.26 Å². The van der Waals surface area contributed by atoms with Crippen LogP contribution in [0.1, 0.15) is 18.1 Å². The van der Waals surface area contributed by atoms with E-state index in [1.165, 1.54) is 24.3 Å². The van der Waals surface area contributed by atoms with Crippen molar-refractivity contribution in [1.82, 2.24) is 0 Å². The summed E-state index contributed by atoms with van der Waals surface area (Å²) in [6.07, 6.45) is 0.0495. The van der Waals surface area contributed by atoms with Crippen LogP contribution < -0.4 is 4.74 Å². The maximum atomic E-state index is 12.0. The van der Waals surface area contributed by atoms with Gasteiger partial charge in [-0.05, 0) is 24.1 Å². The van der Waals surface area contributed by atoms with Gasteiger partial charge in [-0.2, -0.15) is 8.78 Å². The molecule has 0 saturated heterocycles. The Hall–Kier alpha value is -1.21. The molecular weight excluding hydrogens is 266 g/mol. The topological polar surface area (TPSA) is 63.6 Å². The first-order valence-corrected chi connectivity index (χ1v) is 7.24. The summed E-state index contributed by atoms with van der Waals surface area (Å²) in [5, 5.41) is 9.73. The maximum Gasteiger partial charge on any atom is 0.387 e. The molecule has 0 amide bonds. The van der Waals surface area contributed by atoms with E-state index in [2.05, 4.69) is 4.74 Å². The molecule has 0 saturated carbocycles. The zero-order valence-electron chi connectivity index (χ0n) is 9.71. The van der Waals surface area contributed by atoms with Gasteiger partial charge in [-0.15, -0.1) is 0 Å². The van der Waals surface area contributed by atoms with Crippen LogP contribution in [0, 0.1) is 0 Å². The number of ether oxygens (including phenoxy) is 1. The van der Waals surface area contributed by atoms with Gasteiger partial charge in [0.2, 0.25) is 0 Å². The summed E-state index contributed by atoms with van der Waals surface area (Å²) >= 11 is 0. The first-order chi connectivity index (χ1) is 8.28. The normalized spacial score (nSPS) is 13.6. The molecule has 18 heavy (non-hydrogen) atoms. The minimum Gasteiger partial charge on any atom is -0.435 e. The fourth-order valence-electron chi connectivity index (χ4n) is 1.39. The molecule has 0 radical (unpaired) electrons. The zero-order valence-corrected chi connectivity index (χ0v) is 10.5. The number of rotatable bonds is 6. The second-order valence-electron chi connectivity index (χ2n) is 3.89. The Morgan fingerprint density at radius 1 is 1.39 bits per heavy atom. The molecule has 0 bridgehead atoms. The van der Waals surface area contributed by atoms with Gasteiger partial charge in [-0.25, -0.2) is 8.42 Å². The van der Waals surface area contributed by atoms with E-state index in [0.717, 1.165) is 6.26 Å². The van der Waals surface area contributed by atoms with Crippen molar-refractivity contribution in [3.8, 4) is 5.75 Å². The second kappa shape index (κ2) is 6.10. The summed E-state index contributed by atoms with van der Waals surface area (Å²) in [4.78, 5) is 0. The zero-order chi connectivity index (χ0) is 13.8. The largest absolute Gasteiger partial charge is 0.435 e. The van der Waals surface area contributed by atoms with Crippen molar-refractivity contribution in [3.05, 3.63) is 29.8 Å². The minimum absolute atomic E-state index is 0.0109. The average molecular weight is 280 g/mol. The number of halogens is 2. The standard InChI is InChI=1S/C11H14F2O4S/c1-18(15,16)6-5-10(14)8-3-2-4-9(7-8)17-11(12)13/h2-4,7,10-11,14H,5-6H2,1H3. The van der Waals surface area contributed by atoms with E-state index in [-0.39, 0.29) is 17.9 Å². The van der Waals surface area contributed by atoms with Crippen molar-refractivity contribution < 1.29 is 27.0 Å². The van der Waals surface area contributed by atoms with E-state index in [9.17, 15) is 22.3 Å². The van der Waals surface area contributed by atoms with Crippen molar-refractivity contribution >= 4 is 9.84 Å². The number of hydrogen-bond acceptors (Lipinski definition) is 4. The third-order valence-corrected chi connectivity index (χ3v) is 3.21. The lowest BCUT2D eigenvalue weighted by molar-refractivity contribution is -0.0499. The highest BCUT2D eigenvalue weighted by Crippen LogP contribution is 2.23. The predicted molar refractivity (Wildman–Crippen MR) is 62.4 cm³/mol. The molecule has 1 N–H and O–H groups in total. The molecule has 1 aromatic rings. The van der Waals surface area contributed by atoms with Crippen LogP contribution in [-0.2, 0) is 9.84 Å². The molecule has 1 aromatic carbocycles. The molecule has 4 nitrogen and oxygen atoms in total. The van der Waals surface area contributed by atoms with Crippen molar-refractivity contribution in [3.63, 3.8) is 0 Å². The first-order valence-electron chi connectivity index (χ1n) is 5.18. The van der Waals surface area contributed by atoms with Gasteiger partial charge in [0.15, 0.2) is 0 Å². The molecule has 0 aliphatic heterocycles. The lowest BCUT2D eigenvalue weighted by atomic mass is 10.1. The summed E-state index contributed by atoms with van der Waals surface area (Å²) in [5.74, 6) is -0.241. The summed E-state index contributed by atoms with van der Waals surface area (Å²) in [5.41, 5.74) is 0.344. The van der Waals surface area contributed by atoms with Gasteiger partial charge >= 0.3 is 6.61 Å². The van der Waals surface area contributed by atoms with E-state index in [1.807, 2.05) is 0 Å². The van der Waals surface area contributed by atoms with E-state index in [4.69, 9.17) is 0 Å². The Labute approximate surface area is 104 Å². The number of hydrogen-bond donors (Lipinski definition) is 1. The van der Waals surface area contributed by atoms with Crippen LogP contribution in [0.4, 0.5) is 8.78 Å². The molecule has 0 fully saturated rings. The molecule has 7 heteroatoms. The molecule has 0 aliphatic rings. The Kier molecular flexibility index (Phi) is 5.03. The number of benzene rings is 1. The highest BCUT2D eigenvalue weighted by molar-refractivity contribution is 7.90. The number of aliphatic hydroxyl groups is 1. The van der Waals surface area contributed by atoms with E-state index in [1.54, 1.807) is 0 Å². The van der Waals surface area contributed by atoms with Crippen molar-refractivity contribution in [2.24, 2.45) is 0 Å². The lowest BCUT2D eigenvalue weighted by Gasteiger charge is -2.12. The van der Waals surface area contributed by atoms with Gasteiger partial charge in [0.25, 0.3) is 0 Å². The second-order valence-corrected chi connectivity index (χ2v) is 6.15. The van der Waals surface area contributed by atoms with E-state index >= 15 is 0 Å². The molecular formula is C11H14F2O4S. The molecule has 0 heterocycles. The number of alkyl halides is 2. The summed E-state index contributed by atoms with van der Waals surface area (Å²) in [7, 11) is -3.17. The van der Waals surface area contributed by atoms with Crippen LogP contribution in [0.2, 0.25) is 0 Å². The van der Waals surface area contributed by atoms with Crippen molar-refractivity contribution in [2.75, 3.05) is 12.0 Å². The third-order valence-electron chi connectivity index (χ3n) is 2.23. The van der Waals surface area contributed by atoms with Crippen LogP contribution in [0.15, 0.2) is 24.3 Å². The van der Waals surface area contributed by atoms with Crippen LogP contribution in [-0.4, -0.2) is 32.1 Å². The Balaban J connectivity index is 2.70. The number of sulfone groups is 1. The molecule has 1 atom stereocenters. The van der Waals surface area contributed by atoms with Crippen LogP contribution in [0.3, 0.4) is 0 Å². The van der Waals surface area contributed by atoms with Crippen molar-refractivity contribution in [1.29, 1.82) is 0 Å². The smallest absolute Gasteiger partial charge is 0.387 e. The van der Waals surface area contributed by atoms with Crippen molar-refractivity contribution in [2.45, 2.75) is 19.1 Å². The molecule has 0 spiro atoms. The van der Waals surface area contributed by atoms with E-state index < -0.39 is 22.6 Å². The van der Waals surface area contributed by atoms with Crippen LogP contribution in [0.25, 0.3) is 0 Å². The Morgan fingerprint density at radius 3 is 2.61 bits per heavy atom. The summed E-state index contributed by atoms with van der Waals surface area (Å²) in [6.45, 7) is -2.94. The van der Waals surface area contributed by atoms with Gasteiger partial charge in [0.1, 0.15) is 15.6 Å². The quantitative estimate of drug-likeness (QED) is 0.862. The average Bonchev–Trinajstić information content (AvgIpc) is 2.24. The summed E-state index contributed by atoms with van der Waals surface area (Å²) in [6, 6.07) is 5.57. The Morgan fingerprint density at radius 2 is 2.06 bits per heavy atom. The monoisotopic (exact) mass is 280 g/mol. The predicted octanol–water partition coefficient (Wildman–Crippen LogP) is 1.76. The van der Waals surface area contributed by atoms with Gasteiger partial charge in [-0.1, -0.05) is 12.1 Å². The van der Waals surface area contributed by atoms with E-state index in [0.29, 0.717) is 5.56 Å². The number of aliphatic hydroxyl groups excluding tert-OH is 1. The van der Waals surface area contributed by atoms with Crippen LogP contribution in [0.5, 0.6) is 5.75 Å². The molecule has 102 valence electrons. The van der Waals surface area contributed by atoms with Crippen LogP contribution >= 0.6 is 0 Å². The minimum atomic E-state index is -3.17. The fraction of sp³-hybridized carbons (Fsp3) is 0.455. The Bertz CT molecular complexity index is 488. The van der Waals surface area contributed by atoms with Gasteiger partial charge in [-0.3, -0.25) is 0 Å². The van der Waals surface area contributed by atoms with Gasteiger partial charge in [0.05, 0.1) is 11.9 Å². The molecule has 1 rings (SSSR count). The SMILES string of the molecule is CS(=O)(=O)CCC(O)c1cccc(OC(F)F)c1. The molecule has 1 unspecified atom stereocenters. The third kappa shape index (κ3) is 5.42. The molecule has 0 aliphatic carbocycles. The molecule has 0 aromatic heterocycles. The summed E-state index contributed by atoms with van der Waals surface area (Å²) < 4.78 is 50.1. The van der Waals surface area contributed by atoms with Gasteiger partial charge < -0.3 is 9.84 Å². The highest BCUT2D eigenvalue weighted by atomic mass is 32.2. The fourth-order valence-corrected chi connectivity index (χ4v) is 2.04.